The molecule has 0 bridgehead atoms. The zero-order chi connectivity index (χ0) is 17.0. The molecule has 0 spiro atoms. The second-order valence-electron chi connectivity index (χ2n) is 4.99. The summed E-state index contributed by atoms with van der Waals surface area (Å²) >= 11 is 5.70. The first-order valence-corrected chi connectivity index (χ1v) is 7.26. The number of hydrogen-bond donors (Lipinski definition) is 2. The molecule has 2 atom stereocenters. The van der Waals surface area contributed by atoms with E-state index in [4.69, 9.17) is 17.0 Å². The fourth-order valence-corrected chi connectivity index (χ4v) is 2.28. The van der Waals surface area contributed by atoms with Gasteiger partial charge in [-0.15, -0.1) is 0 Å². The second-order valence-corrected chi connectivity index (χ2v) is 5.42. The van der Waals surface area contributed by atoms with E-state index in [1.165, 1.54) is 31.5 Å². The summed E-state index contributed by atoms with van der Waals surface area (Å²) in [5, 5.41) is 18.8. The highest BCUT2D eigenvalue weighted by Gasteiger charge is 2.22. The van der Waals surface area contributed by atoms with E-state index in [2.05, 4.69) is 4.98 Å². The zero-order valence-corrected chi connectivity index (χ0v) is 13.1. The van der Waals surface area contributed by atoms with Crippen molar-refractivity contribution in [2.45, 2.75) is 19.2 Å². The molecule has 0 saturated heterocycles. The summed E-state index contributed by atoms with van der Waals surface area (Å²) < 4.78 is 27.5. The average Bonchev–Trinajstić information content (AvgIpc) is 2.52. The van der Waals surface area contributed by atoms with Gasteiger partial charge < -0.3 is 5.11 Å². The Labute approximate surface area is 137 Å². The Bertz CT molecular complexity index is 733. The molecule has 2 unspecified atom stereocenters. The lowest BCUT2D eigenvalue weighted by Crippen LogP contribution is -2.15. The lowest BCUT2D eigenvalue weighted by molar-refractivity contribution is 0.220. The number of allylic oxidation sites excluding steroid dienone is 1. The number of aliphatic hydroxyl groups is 1. The lowest BCUT2D eigenvalue weighted by atomic mass is 9.93. The Hall–Kier alpha value is -2.11. The van der Waals surface area contributed by atoms with Gasteiger partial charge in [0.25, 0.3) is 0 Å². The molecule has 0 aliphatic heterocycles. The van der Waals surface area contributed by atoms with Gasteiger partial charge in [-0.3, -0.25) is 10.4 Å². The summed E-state index contributed by atoms with van der Waals surface area (Å²) in [6.45, 7) is 1.27. The summed E-state index contributed by atoms with van der Waals surface area (Å²) in [4.78, 5) is 3.89. The summed E-state index contributed by atoms with van der Waals surface area (Å²) in [6, 6.07) is 7.04. The van der Waals surface area contributed by atoms with E-state index in [0.717, 1.165) is 12.1 Å². The molecule has 2 aromatic rings. The third-order valence-electron chi connectivity index (χ3n) is 3.19. The Balaban J connectivity index is 2.45. The largest absolute Gasteiger partial charge is 0.384 e. The third-order valence-corrected chi connectivity index (χ3v) is 3.43. The first-order chi connectivity index (χ1) is 10.9. The minimum absolute atomic E-state index is 0.0331. The number of aromatic nitrogens is 1. The third kappa shape index (κ3) is 4.21. The van der Waals surface area contributed by atoms with Crippen LogP contribution < -0.4 is 0 Å². The quantitative estimate of drug-likeness (QED) is 0.801. The van der Waals surface area contributed by atoms with E-state index in [-0.39, 0.29) is 21.9 Å². The molecule has 6 heteroatoms. The smallest absolute Gasteiger partial charge is 0.134 e. The maximum atomic E-state index is 14.0. The van der Waals surface area contributed by atoms with Crippen molar-refractivity contribution in [3.63, 3.8) is 0 Å². The van der Waals surface area contributed by atoms with Crippen LogP contribution >= 0.6 is 11.6 Å². The molecule has 0 aliphatic carbocycles. The molecule has 1 heterocycles. The molecule has 3 nitrogen and oxygen atoms in total. The van der Waals surface area contributed by atoms with Gasteiger partial charge in [0.05, 0.1) is 5.71 Å². The van der Waals surface area contributed by atoms with E-state index < -0.39 is 18.1 Å². The van der Waals surface area contributed by atoms with E-state index in [1.807, 2.05) is 0 Å². The number of halogens is 3. The molecule has 120 valence electrons. The van der Waals surface area contributed by atoms with Gasteiger partial charge in [-0.25, -0.2) is 8.78 Å². The van der Waals surface area contributed by atoms with Crippen LogP contribution in [0.4, 0.5) is 8.78 Å². The van der Waals surface area contributed by atoms with E-state index in [9.17, 15) is 13.9 Å². The molecular weight excluding hydrogens is 322 g/mol. The van der Waals surface area contributed by atoms with Crippen LogP contribution in [0.1, 0.15) is 24.2 Å². The Morgan fingerprint density at radius 3 is 2.70 bits per heavy atom. The van der Waals surface area contributed by atoms with Gasteiger partial charge in [0.15, 0.2) is 0 Å². The predicted molar refractivity (Wildman–Crippen MR) is 86.1 cm³/mol. The molecule has 2 N–H and O–H groups in total. The van der Waals surface area contributed by atoms with Crippen LogP contribution in [0, 0.1) is 11.2 Å². The number of pyridine rings is 1. The highest BCUT2D eigenvalue weighted by Crippen LogP contribution is 2.27. The molecule has 0 amide bonds. The summed E-state index contributed by atoms with van der Waals surface area (Å²) in [5.41, 5.74) is -0.0167. The van der Waals surface area contributed by atoms with Crippen molar-refractivity contribution in [3.05, 3.63) is 76.3 Å². The van der Waals surface area contributed by atoms with Crippen molar-refractivity contribution >= 4 is 17.3 Å². The molecule has 1 aromatic heterocycles. The number of benzene rings is 1. The number of rotatable bonds is 5. The van der Waals surface area contributed by atoms with E-state index in [0.29, 0.717) is 5.56 Å². The molecule has 0 aliphatic rings. The maximum Gasteiger partial charge on any atom is 0.134 e. The Kier molecular flexibility index (Phi) is 5.58. The van der Waals surface area contributed by atoms with Crippen LogP contribution in [-0.2, 0) is 0 Å². The molecule has 0 saturated carbocycles. The average molecular weight is 337 g/mol. The van der Waals surface area contributed by atoms with Crippen LogP contribution in [0.5, 0.6) is 0 Å². The highest BCUT2D eigenvalue weighted by atomic mass is 35.5. The second kappa shape index (κ2) is 7.44. The normalized spacial score (nSPS) is 14.4. The van der Waals surface area contributed by atoms with Gasteiger partial charge in [-0.1, -0.05) is 17.7 Å². The monoisotopic (exact) mass is 336 g/mol. The standard InChI is InChI=1S/C17H15ClF2N2O/c1-10(19)7-14(17(23)11-3-2-6-22-9-11)16(21)13-5-4-12(18)8-15(13)20/h2-10,17,21,23H,1H3/b14-7-,21-16?. The van der Waals surface area contributed by atoms with Crippen LogP contribution in [-0.4, -0.2) is 22.0 Å². The minimum atomic E-state index is -1.41. The fourth-order valence-electron chi connectivity index (χ4n) is 2.12. The lowest BCUT2D eigenvalue weighted by Gasteiger charge is -2.17. The van der Waals surface area contributed by atoms with Gasteiger partial charge in [-0.2, -0.15) is 0 Å². The summed E-state index contributed by atoms with van der Waals surface area (Å²) in [7, 11) is 0. The maximum absolute atomic E-state index is 14.0. The van der Waals surface area contributed by atoms with Crippen molar-refractivity contribution < 1.29 is 13.9 Å². The first-order valence-electron chi connectivity index (χ1n) is 6.88. The fraction of sp³-hybridized carbons (Fsp3) is 0.176. The Morgan fingerprint density at radius 1 is 1.39 bits per heavy atom. The Morgan fingerprint density at radius 2 is 2.13 bits per heavy atom. The summed E-state index contributed by atoms with van der Waals surface area (Å²) in [5.74, 6) is -0.710. The molecule has 1 aromatic carbocycles. The molecule has 0 radical (unpaired) electrons. The van der Waals surface area contributed by atoms with Crippen molar-refractivity contribution in [2.75, 3.05) is 0 Å². The summed E-state index contributed by atoms with van der Waals surface area (Å²) in [6.07, 6.45) is 1.33. The zero-order valence-electron chi connectivity index (χ0n) is 12.3. The first kappa shape index (κ1) is 17.2. The van der Waals surface area contributed by atoms with Crippen molar-refractivity contribution in [2.24, 2.45) is 0 Å². The minimum Gasteiger partial charge on any atom is -0.384 e. The predicted octanol–water partition coefficient (Wildman–Crippen LogP) is 4.26. The number of alkyl halides is 1. The van der Waals surface area contributed by atoms with Crippen molar-refractivity contribution in [3.8, 4) is 0 Å². The van der Waals surface area contributed by atoms with Crippen LogP contribution in [0.25, 0.3) is 0 Å². The van der Waals surface area contributed by atoms with Crippen LogP contribution in [0.15, 0.2) is 54.4 Å². The van der Waals surface area contributed by atoms with E-state index >= 15 is 0 Å². The molecule has 0 fully saturated rings. The SMILES string of the molecule is CC(F)/C=C(/C(=N)c1ccc(Cl)cc1F)C(O)c1cccnc1. The van der Waals surface area contributed by atoms with Gasteiger partial charge >= 0.3 is 0 Å². The van der Waals surface area contributed by atoms with Crippen LogP contribution in [0.3, 0.4) is 0 Å². The highest BCUT2D eigenvalue weighted by molar-refractivity contribution is 6.30. The van der Waals surface area contributed by atoms with Gasteiger partial charge in [-0.05, 0) is 37.3 Å². The number of aliphatic hydroxyl groups excluding tert-OH is 1. The van der Waals surface area contributed by atoms with Gasteiger partial charge in [0, 0.05) is 34.1 Å². The number of hydrogen-bond acceptors (Lipinski definition) is 3. The van der Waals surface area contributed by atoms with Gasteiger partial charge in [0.2, 0.25) is 0 Å². The topological polar surface area (TPSA) is 57.0 Å². The van der Waals surface area contributed by atoms with Crippen LogP contribution in [0.2, 0.25) is 5.02 Å². The van der Waals surface area contributed by atoms with Gasteiger partial charge in [0.1, 0.15) is 18.1 Å². The van der Waals surface area contributed by atoms with Crippen molar-refractivity contribution in [1.82, 2.24) is 4.98 Å². The molecular formula is C17H15ClF2N2O. The van der Waals surface area contributed by atoms with E-state index in [1.54, 1.807) is 12.1 Å². The number of nitrogens with one attached hydrogen (secondary N) is 1. The van der Waals surface area contributed by atoms with Crippen molar-refractivity contribution in [1.29, 1.82) is 5.41 Å². The number of nitrogens with zero attached hydrogens (tertiary/aromatic N) is 1. The molecule has 2 rings (SSSR count). The molecule has 23 heavy (non-hydrogen) atoms.